The lowest BCUT2D eigenvalue weighted by atomic mass is 10.0. The van der Waals surface area contributed by atoms with Gasteiger partial charge in [-0.15, -0.1) is 11.3 Å². The molecule has 0 radical (unpaired) electrons. The fourth-order valence-electron chi connectivity index (χ4n) is 2.22. The largest absolute Gasteiger partial charge is 0.294 e. The second kappa shape index (κ2) is 4.94. The molecule has 0 aliphatic heterocycles. The first-order chi connectivity index (χ1) is 9.25. The molecular formula is C16H13NOS. The van der Waals surface area contributed by atoms with E-state index in [0.29, 0.717) is 6.42 Å². The minimum Gasteiger partial charge on any atom is -0.294 e. The van der Waals surface area contributed by atoms with Crippen molar-refractivity contribution in [2.75, 3.05) is 0 Å². The van der Waals surface area contributed by atoms with Gasteiger partial charge >= 0.3 is 0 Å². The Kier molecular flexibility index (Phi) is 3.13. The summed E-state index contributed by atoms with van der Waals surface area (Å²) >= 11 is 1.69. The van der Waals surface area contributed by atoms with Gasteiger partial charge < -0.3 is 0 Å². The number of carbonyl (C=O) groups is 1. The monoisotopic (exact) mass is 267 g/mol. The lowest BCUT2D eigenvalue weighted by Gasteiger charge is -2.03. The van der Waals surface area contributed by atoms with Crippen molar-refractivity contribution in [3.05, 3.63) is 64.8 Å². The van der Waals surface area contributed by atoms with Gasteiger partial charge in [0, 0.05) is 28.6 Å². The van der Waals surface area contributed by atoms with Crippen LogP contribution in [-0.2, 0) is 6.42 Å². The van der Waals surface area contributed by atoms with Gasteiger partial charge in [-0.05, 0) is 41.5 Å². The Morgan fingerprint density at radius 3 is 2.89 bits per heavy atom. The van der Waals surface area contributed by atoms with Gasteiger partial charge in [0.1, 0.15) is 0 Å². The summed E-state index contributed by atoms with van der Waals surface area (Å²) < 4.78 is 1.23. The van der Waals surface area contributed by atoms with Crippen molar-refractivity contribution in [1.29, 1.82) is 0 Å². The molecule has 2 heterocycles. The maximum Gasteiger partial charge on any atom is 0.169 e. The van der Waals surface area contributed by atoms with Crippen LogP contribution >= 0.6 is 11.3 Å². The molecule has 0 fully saturated rings. The molecule has 0 spiro atoms. The number of carbonyl (C=O) groups excluding carboxylic acids is 1. The van der Waals surface area contributed by atoms with E-state index in [-0.39, 0.29) is 5.78 Å². The lowest BCUT2D eigenvalue weighted by Crippen LogP contribution is -2.06. The number of aromatic nitrogens is 1. The summed E-state index contributed by atoms with van der Waals surface area (Å²) in [6.07, 6.45) is 2.16. The minimum absolute atomic E-state index is 0.133. The summed E-state index contributed by atoms with van der Waals surface area (Å²) in [6.45, 7) is 1.87. The van der Waals surface area contributed by atoms with Crippen LogP contribution in [0.25, 0.3) is 10.1 Å². The van der Waals surface area contributed by atoms with E-state index >= 15 is 0 Å². The van der Waals surface area contributed by atoms with Crippen LogP contribution in [0.1, 0.15) is 21.6 Å². The summed E-state index contributed by atoms with van der Waals surface area (Å²) in [7, 11) is 0. The second-order valence-electron chi connectivity index (χ2n) is 4.49. The first kappa shape index (κ1) is 12.1. The quantitative estimate of drug-likeness (QED) is 0.671. The van der Waals surface area contributed by atoms with Crippen molar-refractivity contribution >= 4 is 27.2 Å². The highest BCUT2D eigenvalue weighted by Gasteiger charge is 2.12. The van der Waals surface area contributed by atoms with E-state index in [1.165, 1.54) is 10.1 Å². The van der Waals surface area contributed by atoms with E-state index < -0.39 is 0 Å². The summed E-state index contributed by atoms with van der Waals surface area (Å²) in [5, 5.41) is 3.26. The topological polar surface area (TPSA) is 30.0 Å². The molecule has 0 unspecified atom stereocenters. The molecule has 0 saturated heterocycles. The van der Waals surface area contributed by atoms with Gasteiger partial charge in [0.15, 0.2) is 5.78 Å². The third-order valence-corrected chi connectivity index (χ3v) is 4.23. The van der Waals surface area contributed by atoms with Crippen molar-refractivity contribution in [2.45, 2.75) is 13.3 Å². The van der Waals surface area contributed by atoms with E-state index in [1.807, 2.05) is 31.2 Å². The summed E-state index contributed by atoms with van der Waals surface area (Å²) in [6, 6.07) is 11.9. The first-order valence-corrected chi connectivity index (χ1v) is 7.03. The number of nitrogens with zero attached hydrogens (tertiary/aromatic N) is 1. The van der Waals surface area contributed by atoms with Gasteiger partial charge in [0.25, 0.3) is 0 Å². The zero-order valence-electron chi connectivity index (χ0n) is 10.6. The molecular weight excluding hydrogens is 254 g/mol. The predicted octanol–water partition coefficient (Wildman–Crippen LogP) is 4.03. The van der Waals surface area contributed by atoms with Crippen molar-refractivity contribution in [2.24, 2.45) is 0 Å². The zero-order chi connectivity index (χ0) is 13.2. The lowest BCUT2D eigenvalue weighted by molar-refractivity contribution is 0.0992. The third-order valence-electron chi connectivity index (χ3n) is 3.22. The zero-order valence-corrected chi connectivity index (χ0v) is 11.4. The number of rotatable bonds is 3. The number of aryl methyl sites for hydroxylation is 1. The summed E-state index contributed by atoms with van der Waals surface area (Å²) in [5.41, 5.74) is 2.62. The van der Waals surface area contributed by atoms with Crippen LogP contribution in [0.2, 0.25) is 0 Å². The standard InChI is InChI=1S/C16H13NOS/c1-11-13(6-4-8-17-11)15(18)9-12-10-19-16-7-3-2-5-14(12)16/h2-8,10H,9H2,1H3. The van der Waals surface area contributed by atoms with E-state index in [4.69, 9.17) is 0 Å². The average molecular weight is 267 g/mol. The van der Waals surface area contributed by atoms with E-state index in [1.54, 1.807) is 17.5 Å². The SMILES string of the molecule is Cc1ncccc1C(=O)Cc1csc2ccccc12. The molecule has 19 heavy (non-hydrogen) atoms. The minimum atomic E-state index is 0.133. The highest BCUT2D eigenvalue weighted by atomic mass is 32.1. The number of fused-ring (bicyclic) bond motifs is 1. The average Bonchev–Trinajstić information content (AvgIpc) is 2.83. The smallest absolute Gasteiger partial charge is 0.169 e. The summed E-state index contributed by atoms with van der Waals surface area (Å²) in [4.78, 5) is 16.5. The molecule has 2 nitrogen and oxygen atoms in total. The highest BCUT2D eigenvalue weighted by Crippen LogP contribution is 2.26. The fraction of sp³-hybridized carbons (Fsp3) is 0.125. The Morgan fingerprint density at radius 2 is 2.05 bits per heavy atom. The van der Waals surface area contributed by atoms with Gasteiger partial charge in [0.2, 0.25) is 0 Å². The molecule has 2 aromatic heterocycles. The molecule has 0 atom stereocenters. The Bertz CT molecular complexity index is 745. The summed E-state index contributed by atoms with van der Waals surface area (Å²) in [5.74, 6) is 0.133. The molecule has 0 aliphatic rings. The number of pyridine rings is 1. The Hall–Kier alpha value is -2.00. The molecule has 3 rings (SSSR count). The van der Waals surface area contributed by atoms with Gasteiger partial charge in [-0.2, -0.15) is 0 Å². The van der Waals surface area contributed by atoms with E-state index in [2.05, 4.69) is 22.5 Å². The van der Waals surface area contributed by atoms with Crippen molar-refractivity contribution in [3.8, 4) is 0 Å². The van der Waals surface area contributed by atoms with Gasteiger partial charge in [-0.25, -0.2) is 0 Å². The Balaban J connectivity index is 1.94. The molecule has 3 heteroatoms. The fourth-order valence-corrected chi connectivity index (χ4v) is 3.18. The van der Waals surface area contributed by atoms with Crippen LogP contribution < -0.4 is 0 Å². The van der Waals surface area contributed by atoms with Crippen molar-refractivity contribution in [1.82, 2.24) is 4.98 Å². The molecule has 94 valence electrons. The predicted molar refractivity (Wildman–Crippen MR) is 78.8 cm³/mol. The first-order valence-electron chi connectivity index (χ1n) is 6.15. The number of hydrogen-bond acceptors (Lipinski definition) is 3. The normalized spacial score (nSPS) is 10.8. The van der Waals surface area contributed by atoms with Gasteiger partial charge in [0.05, 0.1) is 0 Å². The van der Waals surface area contributed by atoms with Crippen LogP contribution in [0.15, 0.2) is 48.0 Å². The number of hydrogen-bond donors (Lipinski definition) is 0. The molecule has 0 bridgehead atoms. The van der Waals surface area contributed by atoms with Crippen molar-refractivity contribution < 1.29 is 4.79 Å². The van der Waals surface area contributed by atoms with Crippen LogP contribution in [0.4, 0.5) is 0 Å². The third kappa shape index (κ3) is 2.29. The molecule has 0 aliphatic carbocycles. The maximum absolute atomic E-state index is 12.3. The number of benzene rings is 1. The molecule has 3 aromatic rings. The highest BCUT2D eigenvalue weighted by molar-refractivity contribution is 7.17. The van der Waals surface area contributed by atoms with Gasteiger partial charge in [-0.1, -0.05) is 18.2 Å². The molecule has 0 saturated carbocycles. The molecule has 0 amide bonds. The van der Waals surface area contributed by atoms with Crippen molar-refractivity contribution in [3.63, 3.8) is 0 Å². The van der Waals surface area contributed by atoms with Crippen LogP contribution in [0.3, 0.4) is 0 Å². The van der Waals surface area contributed by atoms with Crippen LogP contribution in [0, 0.1) is 6.92 Å². The van der Waals surface area contributed by atoms with Crippen LogP contribution in [-0.4, -0.2) is 10.8 Å². The number of thiophene rings is 1. The van der Waals surface area contributed by atoms with E-state index in [0.717, 1.165) is 16.8 Å². The van der Waals surface area contributed by atoms with Gasteiger partial charge in [-0.3, -0.25) is 9.78 Å². The second-order valence-corrected chi connectivity index (χ2v) is 5.40. The maximum atomic E-state index is 12.3. The number of Topliss-reactive ketones (excluding diaryl/α,β-unsaturated/α-hetero) is 1. The Labute approximate surface area is 115 Å². The Morgan fingerprint density at radius 1 is 1.21 bits per heavy atom. The number of ketones is 1. The van der Waals surface area contributed by atoms with E-state index in [9.17, 15) is 4.79 Å². The van der Waals surface area contributed by atoms with Crippen LogP contribution in [0.5, 0.6) is 0 Å². The molecule has 0 N–H and O–H groups in total. The molecule has 1 aromatic carbocycles.